The minimum absolute atomic E-state index is 0.0779. The molecule has 2 aromatic carbocycles. The first kappa shape index (κ1) is 19.8. The number of carbonyl (C=O) groups excluding carboxylic acids is 3. The van der Waals surface area contributed by atoms with E-state index >= 15 is 0 Å². The number of halogens is 1. The molecule has 0 saturated heterocycles. The van der Waals surface area contributed by atoms with E-state index in [1.165, 1.54) is 12.1 Å². The SMILES string of the molecule is O=C([O-])CC/C(=N/NC(=O)CNC(=O)c1ccc(F)cc1)c1ccccc1. The van der Waals surface area contributed by atoms with Gasteiger partial charge in [-0.3, -0.25) is 9.59 Å². The molecule has 27 heavy (non-hydrogen) atoms. The van der Waals surface area contributed by atoms with Gasteiger partial charge in [-0.15, -0.1) is 0 Å². The van der Waals surface area contributed by atoms with Gasteiger partial charge >= 0.3 is 0 Å². The number of nitrogens with one attached hydrogen (secondary N) is 2. The van der Waals surface area contributed by atoms with Crippen LogP contribution in [0.1, 0.15) is 28.8 Å². The molecule has 0 aliphatic carbocycles. The van der Waals surface area contributed by atoms with Gasteiger partial charge in [-0.25, -0.2) is 9.82 Å². The van der Waals surface area contributed by atoms with Crippen molar-refractivity contribution in [1.82, 2.24) is 10.7 Å². The predicted molar refractivity (Wildman–Crippen MR) is 94.1 cm³/mol. The van der Waals surface area contributed by atoms with Crippen molar-refractivity contribution >= 4 is 23.5 Å². The van der Waals surface area contributed by atoms with Crippen molar-refractivity contribution in [2.45, 2.75) is 12.8 Å². The number of amides is 2. The Morgan fingerprint density at radius 1 is 0.926 bits per heavy atom. The molecule has 140 valence electrons. The maximum Gasteiger partial charge on any atom is 0.259 e. The number of carboxylic acids is 1. The smallest absolute Gasteiger partial charge is 0.259 e. The molecule has 2 N–H and O–H groups in total. The summed E-state index contributed by atoms with van der Waals surface area (Å²) in [5, 5.41) is 17.0. The quantitative estimate of drug-likeness (QED) is 0.524. The van der Waals surface area contributed by atoms with Crippen molar-refractivity contribution in [3.8, 4) is 0 Å². The average molecular weight is 370 g/mol. The van der Waals surface area contributed by atoms with E-state index in [1.807, 2.05) is 0 Å². The van der Waals surface area contributed by atoms with E-state index in [0.717, 1.165) is 12.1 Å². The normalized spacial score (nSPS) is 10.9. The van der Waals surface area contributed by atoms with Gasteiger partial charge in [0.05, 0.1) is 12.3 Å². The minimum atomic E-state index is -1.23. The first-order valence-corrected chi connectivity index (χ1v) is 8.10. The third-order valence-electron chi connectivity index (χ3n) is 3.50. The van der Waals surface area contributed by atoms with Crippen LogP contribution in [0.15, 0.2) is 59.7 Å². The van der Waals surface area contributed by atoms with Crippen molar-refractivity contribution in [1.29, 1.82) is 0 Å². The Morgan fingerprint density at radius 2 is 1.59 bits per heavy atom. The number of hydrogen-bond donors (Lipinski definition) is 2. The summed E-state index contributed by atoms with van der Waals surface area (Å²) in [7, 11) is 0. The van der Waals surface area contributed by atoms with Crippen LogP contribution in [0, 0.1) is 5.82 Å². The van der Waals surface area contributed by atoms with E-state index in [1.54, 1.807) is 30.3 Å². The summed E-state index contributed by atoms with van der Waals surface area (Å²) in [5.74, 6) is -2.82. The molecule has 0 aliphatic heterocycles. The van der Waals surface area contributed by atoms with Crippen molar-refractivity contribution in [3.63, 3.8) is 0 Å². The van der Waals surface area contributed by atoms with Gasteiger partial charge in [-0.2, -0.15) is 5.10 Å². The lowest BCUT2D eigenvalue weighted by atomic mass is 10.1. The number of aliphatic carboxylic acids is 1. The first-order valence-electron chi connectivity index (χ1n) is 8.10. The van der Waals surface area contributed by atoms with E-state index in [-0.39, 0.29) is 24.9 Å². The van der Waals surface area contributed by atoms with Crippen molar-refractivity contribution < 1.29 is 23.9 Å². The summed E-state index contributed by atoms with van der Waals surface area (Å²) in [6.45, 7) is -0.345. The van der Waals surface area contributed by atoms with E-state index in [0.29, 0.717) is 11.3 Å². The zero-order valence-electron chi connectivity index (χ0n) is 14.3. The van der Waals surface area contributed by atoms with Crippen LogP contribution < -0.4 is 15.8 Å². The summed E-state index contributed by atoms with van der Waals surface area (Å²) in [5.41, 5.74) is 3.53. The molecule has 7 nitrogen and oxygen atoms in total. The maximum absolute atomic E-state index is 12.8. The Kier molecular flexibility index (Phi) is 7.18. The second kappa shape index (κ2) is 9.81. The largest absolute Gasteiger partial charge is 0.550 e. The zero-order valence-corrected chi connectivity index (χ0v) is 14.3. The number of nitrogens with zero attached hydrogens (tertiary/aromatic N) is 1. The lowest BCUT2D eigenvalue weighted by Crippen LogP contribution is -2.35. The van der Waals surface area contributed by atoms with Gasteiger partial charge in [0, 0.05) is 11.5 Å². The molecule has 0 fully saturated rings. The fraction of sp³-hybridized carbons (Fsp3) is 0.158. The fourth-order valence-corrected chi connectivity index (χ4v) is 2.15. The van der Waals surface area contributed by atoms with Gasteiger partial charge in [-0.1, -0.05) is 30.3 Å². The highest BCUT2D eigenvalue weighted by Gasteiger charge is 2.09. The Hall–Kier alpha value is -3.55. The van der Waals surface area contributed by atoms with Crippen LogP contribution in [0.4, 0.5) is 4.39 Å². The topological polar surface area (TPSA) is 111 Å². The molecule has 0 saturated carbocycles. The van der Waals surface area contributed by atoms with Gasteiger partial charge < -0.3 is 15.2 Å². The first-order chi connectivity index (χ1) is 13.0. The molecule has 0 aromatic heterocycles. The molecule has 0 bridgehead atoms. The summed E-state index contributed by atoms with van der Waals surface area (Å²) < 4.78 is 12.8. The maximum atomic E-state index is 12.8. The van der Waals surface area contributed by atoms with Crippen LogP contribution in [0.5, 0.6) is 0 Å². The molecule has 0 heterocycles. The van der Waals surface area contributed by atoms with Crippen LogP contribution in [-0.2, 0) is 9.59 Å². The number of hydrogen-bond acceptors (Lipinski definition) is 5. The van der Waals surface area contributed by atoms with Crippen LogP contribution in [0.3, 0.4) is 0 Å². The third kappa shape index (κ3) is 6.69. The van der Waals surface area contributed by atoms with Crippen LogP contribution in [0.25, 0.3) is 0 Å². The van der Waals surface area contributed by atoms with Crippen LogP contribution >= 0.6 is 0 Å². The second-order valence-corrected chi connectivity index (χ2v) is 5.52. The highest BCUT2D eigenvalue weighted by atomic mass is 19.1. The molecule has 8 heteroatoms. The summed E-state index contributed by atoms with van der Waals surface area (Å²) >= 11 is 0. The molecular formula is C19H17FN3O4-. The number of carboxylic acid groups (broad SMARTS) is 1. The molecule has 2 rings (SSSR count). The van der Waals surface area contributed by atoms with E-state index in [4.69, 9.17) is 0 Å². The van der Waals surface area contributed by atoms with Crippen LogP contribution in [0.2, 0.25) is 0 Å². The summed E-state index contributed by atoms with van der Waals surface area (Å²) in [4.78, 5) is 34.4. The Labute approximate surface area is 154 Å². The monoisotopic (exact) mass is 370 g/mol. The van der Waals surface area contributed by atoms with Crippen LogP contribution in [-0.4, -0.2) is 30.0 Å². The molecule has 0 aliphatic rings. The lowest BCUT2D eigenvalue weighted by molar-refractivity contribution is -0.305. The molecule has 2 aromatic rings. The van der Waals surface area contributed by atoms with E-state index in [9.17, 15) is 23.9 Å². The van der Waals surface area contributed by atoms with E-state index < -0.39 is 23.6 Å². The molecular weight excluding hydrogens is 353 g/mol. The van der Waals surface area contributed by atoms with Crippen molar-refractivity contribution in [3.05, 3.63) is 71.5 Å². The average Bonchev–Trinajstić information content (AvgIpc) is 2.67. The zero-order chi connectivity index (χ0) is 19.6. The van der Waals surface area contributed by atoms with Crippen molar-refractivity contribution in [2.24, 2.45) is 5.10 Å². The van der Waals surface area contributed by atoms with Gasteiger partial charge in [0.2, 0.25) is 0 Å². The number of benzene rings is 2. The second-order valence-electron chi connectivity index (χ2n) is 5.52. The Bertz CT molecular complexity index is 836. The molecule has 0 radical (unpaired) electrons. The molecule has 2 amide bonds. The number of hydrazone groups is 1. The Balaban J connectivity index is 1.94. The molecule has 0 atom stereocenters. The standard InChI is InChI=1S/C19H18FN3O4/c20-15-8-6-14(7-9-15)19(27)21-12-17(24)23-22-16(10-11-18(25)26)13-4-2-1-3-5-13/h1-9H,10-12H2,(H,21,27)(H,23,24)(H,25,26)/p-1/b22-16-. The highest BCUT2D eigenvalue weighted by molar-refractivity contribution is 6.02. The lowest BCUT2D eigenvalue weighted by Gasteiger charge is -2.09. The third-order valence-corrected chi connectivity index (χ3v) is 3.50. The Morgan fingerprint density at radius 3 is 2.22 bits per heavy atom. The van der Waals surface area contributed by atoms with E-state index in [2.05, 4.69) is 15.8 Å². The van der Waals surface area contributed by atoms with Gasteiger partial charge in [-0.05, 0) is 42.7 Å². The number of carbonyl (C=O) groups is 3. The highest BCUT2D eigenvalue weighted by Crippen LogP contribution is 2.06. The van der Waals surface area contributed by atoms with Gasteiger partial charge in [0.15, 0.2) is 0 Å². The van der Waals surface area contributed by atoms with Gasteiger partial charge in [0.1, 0.15) is 5.82 Å². The summed E-state index contributed by atoms with van der Waals surface area (Å²) in [6.07, 6.45) is -0.167. The predicted octanol–water partition coefficient (Wildman–Crippen LogP) is 0.606. The van der Waals surface area contributed by atoms with Crippen molar-refractivity contribution in [2.75, 3.05) is 6.54 Å². The fourth-order valence-electron chi connectivity index (χ4n) is 2.15. The van der Waals surface area contributed by atoms with Gasteiger partial charge in [0.25, 0.3) is 11.8 Å². The molecule has 0 spiro atoms. The summed E-state index contributed by atoms with van der Waals surface area (Å²) in [6, 6.07) is 13.7. The number of rotatable bonds is 8. The molecule has 0 unspecified atom stereocenters. The minimum Gasteiger partial charge on any atom is -0.550 e.